The monoisotopic (exact) mass is 206 g/mol. The van der Waals surface area contributed by atoms with Gasteiger partial charge in [-0.1, -0.05) is 6.92 Å². The number of carbonyl (C=O) groups excluding carboxylic acids is 2. The Bertz CT molecular complexity index is 181. The molecule has 0 aliphatic rings. The van der Waals surface area contributed by atoms with Gasteiger partial charge < -0.3 is 9.47 Å². The third-order valence-electron chi connectivity index (χ3n) is 1.02. The van der Waals surface area contributed by atoms with Gasteiger partial charge in [-0.25, -0.2) is 4.79 Å². The largest absolute Gasteiger partial charge is 0.426 e. The van der Waals surface area contributed by atoms with Crippen LogP contribution in [0, 0.1) is 0 Å². The van der Waals surface area contributed by atoms with Crippen LogP contribution in [-0.4, -0.2) is 23.3 Å². The zero-order valence-electron chi connectivity index (χ0n) is 8.03. The van der Waals surface area contributed by atoms with Gasteiger partial charge in [-0.2, -0.15) is 0 Å². The second-order valence-corrected chi connectivity index (χ2v) is 3.42. The van der Waals surface area contributed by atoms with Crippen LogP contribution in [-0.2, 0) is 14.3 Å². The van der Waals surface area contributed by atoms with Crippen molar-refractivity contribution in [3.05, 3.63) is 0 Å². The molecule has 0 aromatic heterocycles. The van der Waals surface area contributed by atoms with Crippen molar-refractivity contribution in [1.82, 2.24) is 0 Å². The Hall–Kier alpha value is -0.710. The molecule has 0 spiro atoms. The summed E-state index contributed by atoms with van der Waals surface area (Å²) in [6, 6.07) is 0. The Morgan fingerprint density at radius 2 is 2.00 bits per heavy atom. The maximum atomic E-state index is 10.9. The van der Waals surface area contributed by atoms with Crippen molar-refractivity contribution < 1.29 is 19.1 Å². The van der Waals surface area contributed by atoms with Gasteiger partial charge >= 0.3 is 11.3 Å². The standard InChI is InChI=1S/C8H14O4S/c1-4-5-13-8(10)12-7(3)11-6(2)9/h7H,4-5H2,1-3H3. The molecule has 0 aliphatic heterocycles. The molecule has 0 bridgehead atoms. The molecule has 0 saturated carbocycles. The minimum Gasteiger partial charge on any atom is -0.426 e. The van der Waals surface area contributed by atoms with Crippen molar-refractivity contribution in [3.63, 3.8) is 0 Å². The molecule has 13 heavy (non-hydrogen) atoms. The van der Waals surface area contributed by atoms with Crippen molar-refractivity contribution in [2.45, 2.75) is 33.5 Å². The number of ether oxygens (including phenoxy) is 2. The highest BCUT2D eigenvalue weighted by Crippen LogP contribution is 2.09. The van der Waals surface area contributed by atoms with E-state index in [2.05, 4.69) is 4.74 Å². The Labute approximate surface area is 82.0 Å². The molecule has 0 aliphatic carbocycles. The summed E-state index contributed by atoms with van der Waals surface area (Å²) >= 11 is 1.08. The molecule has 0 radical (unpaired) electrons. The van der Waals surface area contributed by atoms with Crippen molar-refractivity contribution >= 4 is 23.0 Å². The van der Waals surface area contributed by atoms with Gasteiger partial charge in [-0.3, -0.25) is 4.79 Å². The van der Waals surface area contributed by atoms with Gasteiger partial charge in [0.05, 0.1) is 0 Å². The van der Waals surface area contributed by atoms with Gasteiger partial charge in [0.1, 0.15) is 0 Å². The smallest absolute Gasteiger partial charge is 0.370 e. The molecule has 1 unspecified atom stereocenters. The molecule has 0 aromatic carbocycles. The molecule has 0 N–H and O–H groups in total. The minimum atomic E-state index is -0.797. The normalized spacial score (nSPS) is 11.9. The highest BCUT2D eigenvalue weighted by molar-refractivity contribution is 8.13. The summed E-state index contributed by atoms with van der Waals surface area (Å²) in [4.78, 5) is 21.4. The van der Waals surface area contributed by atoms with Gasteiger partial charge in [-0.05, 0) is 18.2 Å². The van der Waals surface area contributed by atoms with Crippen LogP contribution in [0.25, 0.3) is 0 Å². The maximum Gasteiger partial charge on any atom is 0.370 e. The van der Waals surface area contributed by atoms with Crippen LogP contribution >= 0.6 is 11.8 Å². The van der Waals surface area contributed by atoms with Gasteiger partial charge in [0.25, 0.3) is 0 Å². The first-order chi connectivity index (χ1) is 6.06. The van der Waals surface area contributed by atoms with E-state index in [1.54, 1.807) is 0 Å². The predicted octanol–water partition coefficient (Wildman–Crippen LogP) is 2.18. The van der Waals surface area contributed by atoms with E-state index in [1.165, 1.54) is 13.8 Å². The van der Waals surface area contributed by atoms with Crippen LogP contribution in [0.15, 0.2) is 0 Å². The molecular weight excluding hydrogens is 192 g/mol. The summed E-state index contributed by atoms with van der Waals surface area (Å²) < 4.78 is 9.35. The number of thioether (sulfide) groups is 1. The summed E-state index contributed by atoms with van der Waals surface area (Å²) in [5.41, 5.74) is 0. The molecule has 76 valence electrons. The Kier molecular flexibility index (Phi) is 6.40. The Morgan fingerprint density at radius 3 is 2.46 bits per heavy atom. The fraction of sp³-hybridized carbons (Fsp3) is 0.750. The van der Waals surface area contributed by atoms with Crippen LogP contribution in [0.1, 0.15) is 27.2 Å². The molecule has 0 aromatic rings. The first-order valence-corrected chi connectivity index (χ1v) is 5.05. The number of carbonyl (C=O) groups is 2. The second-order valence-electron chi connectivity index (χ2n) is 2.39. The number of hydrogen-bond acceptors (Lipinski definition) is 5. The molecule has 5 heteroatoms. The highest BCUT2D eigenvalue weighted by Gasteiger charge is 2.11. The summed E-state index contributed by atoms with van der Waals surface area (Å²) in [6.07, 6.45) is 0.108. The first-order valence-electron chi connectivity index (χ1n) is 4.07. The maximum absolute atomic E-state index is 10.9. The highest BCUT2D eigenvalue weighted by atomic mass is 32.2. The lowest BCUT2D eigenvalue weighted by Gasteiger charge is -2.11. The molecule has 0 heterocycles. The number of hydrogen-bond donors (Lipinski definition) is 0. The van der Waals surface area contributed by atoms with E-state index in [4.69, 9.17) is 4.74 Å². The fourth-order valence-corrected chi connectivity index (χ4v) is 1.19. The van der Waals surface area contributed by atoms with E-state index in [0.717, 1.165) is 18.2 Å². The molecule has 1 atom stereocenters. The van der Waals surface area contributed by atoms with E-state index in [9.17, 15) is 9.59 Å². The Morgan fingerprint density at radius 1 is 1.38 bits per heavy atom. The lowest BCUT2D eigenvalue weighted by atomic mass is 10.6. The predicted molar refractivity (Wildman–Crippen MR) is 50.5 cm³/mol. The summed E-state index contributed by atoms with van der Waals surface area (Å²) in [7, 11) is 0. The average Bonchev–Trinajstić information content (AvgIpc) is 1.98. The lowest BCUT2D eigenvalue weighted by Crippen LogP contribution is -2.18. The summed E-state index contributed by atoms with van der Waals surface area (Å²) in [5, 5.41) is -0.407. The SMILES string of the molecule is CCCSC(=O)OC(C)OC(C)=O. The molecular formula is C8H14O4S. The van der Waals surface area contributed by atoms with Crippen molar-refractivity contribution in [3.8, 4) is 0 Å². The average molecular weight is 206 g/mol. The molecule has 4 nitrogen and oxygen atoms in total. The van der Waals surface area contributed by atoms with E-state index in [1.807, 2.05) is 6.92 Å². The third kappa shape index (κ3) is 7.64. The molecule has 0 saturated heterocycles. The van der Waals surface area contributed by atoms with Crippen molar-refractivity contribution in [1.29, 1.82) is 0 Å². The summed E-state index contributed by atoms with van der Waals surface area (Å²) in [5.74, 6) is 0.256. The fourth-order valence-electron chi connectivity index (χ4n) is 0.613. The van der Waals surface area contributed by atoms with Crippen LogP contribution in [0.3, 0.4) is 0 Å². The number of esters is 1. The number of rotatable bonds is 4. The lowest BCUT2D eigenvalue weighted by molar-refractivity contribution is -0.160. The molecule has 0 rings (SSSR count). The zero-order chi connectivity index (χ0) is 10.3. The van der Waals surface area contributed by atoms with E-state index >= 15 is 0 Å². The van der Waals surface area contributed by atoms with Crippen LogP contribution < -0.4 is 0 Å². The van der Waals surface area contributed by atoms with Gasteiger partial charge in [0.15, 0.2) is 0 Å². The summed E-state index contributed by atoms with van der Waals surface area (Å²) in [6.45, 7) is 4.74. The molecule has 0 fully saturated rings. The van der Waals surface area contributed by atoms with E-state index in [-0.39, 0.29) is 0 Å². The molecule has 0 amide bonds. The van der Waals surface area contributed by atoms with Gasteiger partial charge in [0.2, 0.25) is 6.29 Å². The van der Waals surface area contributed by atoms with E-state index < -0.39 is 17.6 Å². The van der Waals surface area contributed by atoms with Crippen molar-refractivity contribution in [2.75, 3.05) is 5.75 Å². The second kappa shape index (κ2) is 6.77. The van der Waals surface area contributed by atoms with E-state index in [0.29, 0.717) is 5.75 Å². The third-order valence-corrected chi connectivity index (χ3v) is 1.96. The Balaban J connectivity index is 3.59. The topological polar surface area (TPSA) is 52.6 Å². The van der Waals surface area contributed by atoms with Crippen LogP contribution in [0.4, 0.5) is 4.79 Å². The van der Waals surface area contributed by atoms with Crippen LogP contribution in [0.2, 0.25) is 0 Å². The van der Waals surface area contributed by atoms with Gasteiger partial charge in [-0.15, -0.1) is 0 Å². The van der Waals surface area contributed by atoms with Gasteiger partial charge in [0, 0.05) is 19.6 Å². The quantitative estimate of drug-likeness (QED) is 0.521. The van der Waals surface area contributed by atoms with Crippen LogP contribution in [0.5, 0.6) is 0 Å². The first kappa shape index (κ1) is 12.3. The van der Waals surface area contributed by atoms with Crippen molar-refractivity contribution in [2.24, 2.45) is 0 Å². The minimum absolute atomic E-state index is 0.407. The zero-order valence-corrected chi connectivity index (χ0v) is 8.85.